The van der Waals surface area contributed by atoms with E-state index in [-0.39, 0.29) is 5.97 Å². The quantitative estimate of drug-likeness (QED) is 0.839. The minimum Gasteiger partial charge on any atom is -0.462 e. The number of esters is 1. The summed E-state index contributed by atoms with van der Waals surface area (Å²) in [5.41, 5.74) is 4.42. The second-order valence-electron chi connectivity index (χ2n) is 4.21. The molecule has 0 bridgehead atoms. The molecule has 94 valence electrons. The van der Waals surface area contributed by atoms with E-state index >= 15 is 0 Å². The third-order valence-corrected chi connectivity index (χ3v) is 3.04. The van der Waals surface area contributed by atoms with E-state index in [9.17, 15) is 4.79 Å². The summed E-state index contributed by atoms with van der Waals surface area (Å²) in [5.74, 6) is -0.266. The lowest BCUT2D eigenvalue weighted by Gasteiger charge is -2.05. The molecule has 0 radical (unpaired) electrons. The second-order valence-corrected chi connectivity index (χ2v) is 4.21. The fourth-order valence-corrected chi connectivity index (χ4v) is 2.00. The highest BCUT2D eigenvalue weighted by atomic mass is 16.5. The maximum atomic E-state index is 12.0. The molecule has 1 heterocycles. The third-order valence-electron chi connectivity index (χ3n) is 3.04. The lowest BCUT2D eigenvalue weighted by molar-refractivity contribution is 0.0526. The molecule has 0 aliphatic heterocycles. The predicted octanol–water partition coefficient (Wildman–Crippen LogP) is 3.48. The van der Waals surface area contributed by atoms with Gasteiger partial charge in [0.1, 0.15) is 0 Å². The topological polar surface area (TPSA) is 42.1 Å². The highest BCUT2D eigenvalue weighted by Crippen LogP contribution is 2.28. The van der Waals surface area contributed by atoms with Crippen LogP contribution in [0.15, 0.2) is 30.3 Å². The molecule has 0 saturated heterocycles. The molecule has 3 heteroatoms. The maximum Gasteiger partial charge on any atom is 0.340 e. The zero-order chi connectivity index (χ0) is 13.1. The van der Waals surface area contributed by atoms with E-state index in [0.29, 0.717) is 12.2 Å². The van der Waals surface area contributed by atoms with Crippen molar-refractivity contribution in [3.05, 3.63) is 47.2 Å². The molecule has 0 amide bonds. The molecule has 18 heavy (non-hydrogen) atoms. The van der Waals surface area contributed by atoms with Gasteiger partial charge in [-0.2, -0.15) is 0 Å². The zero-order valence-electron chi connectivity index (χ0n) is 10.9. The van der Waals surface area contributed by atoms with Gasteiger partial charge in [0, 0.05) is 5.69 Å². The van der Waals surface area contributed by atoms with Crippen molar-refractivity contribution >= 4 is 5.97 Å². The zero-order valence-corrected chi connectivity index (χ0v) is 10.9. The van der Waals surface area contributed by atoms with Crippen molar-refractivity contribution in [1.29, 1.82) is 0 Å². The summed E-state index contributed by atoms with van der Waals surface area (Å²) in [6, 6.07) is 9.82. The summed E-state index contributed by atoms with van der Waals surface area (Å²) in [5, 5.41) is 0. The lowest BCUT2D eigenvalue weighted by Crippen LogP contribution is -2.06. The van der Waals surface area contributed by atoms with Gasteiger partial charge in [-0.3, -0.25) is 0 Å². The van der Waals surface area contributed by atoms with Crippen molar-refractivity contribution in [2.45, 2.75) is 20.8 Å². The Hall–Kier alpha value is -2.03. The number of benzene rings is 1. The predicted molar refractivity (Wildman–Crippen MR) is 71.7 cm³/mol. The van der Waals surface area contributed by atoms with Crippen LogP contribution in [-0.2, 0) is 4.74 Å². The molecule has 0 saturated carbocycles. The first-order valence-electron chi connectivity index (χ1n) is 6.06. The Morgan fingerprint density at radius 3 is 2.50 bits per heavy atom. The van der Waals surface area contributed by atoms with Gasteiger partial charge in [0.25, 0.3) is 0 Å². The molecular formula is C15H17NO2. The number of aryl methyl sites for hydroxylation is 1. The van der Waals surface area contributed by atoms with E-state index in [1.165, 1.54) is 0 Å². The van der Waals surface area contributed by atoms with Crippen molar-refractivity contribution < 1.29 is 9.53 Å². The minimum atomic E-state index is -0.266. The molecule has 1 aromatic heterocycles. The van der Waals surface area contributed by atoms with Gasteiger partial charge in [-0.25, -0.2) is 4.79 Å². The molecule has 0 aliphatic carbocycles. The Labute approximate surface area is 107 Å². The standard InChI is InChI=1S/C15H17NO2/c1-4-18-15(17)13-10(2)11(3)16-14(13)12-8-6-5-7-9-12/h5-9,16H,4H2,1-3H3. The second kappa shape index (κ2) is 5.08. The van der Waals surface area contributed by atoms with Crippen LogP contribution in [0.4, 0.5) is 0 Å². The van der Waals surface area contributed by atoms with E-state index in [0.717, 1.165) is 22.5 Å². The number of rotatable bonds is 3. The minimum absolute atomic E-state index is 0.266. The number of aromatic amines is 1. The van der Waals surface area contributed by atoms with Crippen LogP contribution >= 0.6 is 0 Å². The Kier molecular flexibility index (Phi) is 3.51. The van der Waals surface area contributed by atoms with Crippen molar-refractivity contribution in [1.82, 2.24) is 4.98 Å². The summed E-state index contributed by atoms with van der Waals surface area (Å²) in [6.07, 6.45) is 0. The fourth-order valence-electron chi connectivity index (χ4n) is 2.00. The summed E-state index contributed by atoms with van der Waals surface area (Å²) in [7, 11) is 0. The SMILES string of the molecule is CCOC(=O)c1c(-c2ccccc2)[nH]c(C)c1C. The summed E-state index contributed by atoms with van der Waals surface area (Å²) >= 11 is 0. The van der Waals surface area contributed by atoms with Crippen LogP contribution in [0.1, 0.15) is 28.5 Å². The molecule has 0 aliphatic rings. The number of aromatic nitrogens is 1. The number of nitrogens with one attached hydrogen (secondary N) is 1. The van der Waals surface area contributed by atoms with Crippen LogP contribution < -0.4 is 0 Å². The van der Waals surface area contributed by atoms with Crippen molar-refractivity contribution in [2.24, 2.45) is 0 Å². The van der Waals surface area contributed by atoms with Crippen LogP contribution in [0, 0.1) is 13.8 Å². The Morgan fingerprint density at radius 1 is 1.22 bits per heavy atom. The van der Waals surface area contributed by atoms with Gasteiger partial charge in [-0.1, -0.05) is 30.3 Å². The summed E-state index contributed by atoms with van der Waals surface area (Å²) in [6.45, 7) is 6.10. The first kappa shape index (κ1) is 12.4. The number of carbonyl (C=O) groups excluding carboxylic acids is 1. The van der Waals surface area contributed by atoms with Gasteiger partial charge in [-0.15, -0.1) is 0 Å². The number of hydrogen-bond donors (Lipinski definition) is 1. The summed E-state index contributed by atoms with van der Waals surface area (Å²) in [4.78, 5) is 15.3. The molecule has 1 N–H and O–H groups in total. The average Bonchev–Trinajstić information content (AvgIpc) is 2.67. The van der Waals surface area contributed by atoms with Crippen molar-refractivity contribution in [3.63, 3.8) is 0 Å². The van der Waals surface area contributed by atoms with Crippen molar-refractivity contribution in [2.75, 3.05) is 6.61 Å². The van der Waals surface area contributed by atoms with Gasteiger partial charge in [0.05, 0.1) is 17.9 Å². The van der Waals surface area contributed by atoms with E-state index in [1.807, 2.05) is 51.1 Å². The largest absolute Gasteiger partial charge is 0.462 e. The molecule has 1 aromatic carbocycles. The monoisotopic (exact) mass is 243 g/mol. The number of H-pyrrole nitrogens is 1. The normalized spacial score (nSPS) is 10.4. The molecule has 2 rings (SSSR count). The van der Waals surface area contributed by atoms with E-state index in [2.05, 4.69) is 4.98 Å². The Bertz CT molecular complexity index is 555. The molecular weight excluding hydrogens is 226 g/mol. The smallest absolute Gasteiger partial charge is 0.340 e. The van der Waals surface area contributed by atoms with Gasteiger partial charge in [0.2, 0.25) is 0 Å². The van der Waals surface area contributed by atoms with E-state index < -0.39 is 0 Å². The highest BCUT2D eigenvalue weighted by Gasteiger charge is 2.20. The summed E-state index contributed by atoms with van der Waals surface area (Å²) < 4.78 is 5.13. The van der Waals surface area contributed by atoms with Gasteiger partial charge in [-0.05, 0) is 31.9 Å². The van der Waals surface area contributed by atoms with Gasteiger partial charge < -0.3 is 9.72 Å². The Morgan fingerprint density at radius 2 is 1.89 bits per heavy atom. The van der Waals surface area contributed by atoms with Crippen LogP contribution in [0.3, 0.4) is 0 Å². The van der Waals surface area contributed by atoms with Crippen LogP contribution in [0.5, 0.6) is 0 Å². The van der Waals surface area contributed by atoms with E-state index in [4.69, 9.17) is 4.74 Å². The first-order valence-corrected chi connectivity index (χ1v) is 6.06. The molecule has 0 fully saturated rings. The van der Waals surface area contributed by atoms with Crippen LogP contribution in [0.25, 0.3) is 11.3 Å². The molecule has 0 atom stereocenters. The molecule has 0 spiro atoms. The number of hydrogen-bond acceptors (Lipinski definition) is 2. The Balaban J connectivity index is 2.55. The third kappa shape index (κ3) is 2.16. The maximum absolute atomic E-state index is 12.0. The molecule has 0 unspecified atom stereocenters. The lowest BCUT2D eigenvalue weighted by atomic mass is 10.0. The number of ether oxygens (including phenoxy) is 1. The van der Waals surface area contributed by atoms with Gasteiger partial charge in [0.15, 0.2) is 0 Å². The van der Waals surface area contributed by atoms with Crippen molar-refractivity contribution in [3.8, 4) is 11.3 Å². The fraction of sp³-hybridized carbons (Fsp3) is 0.267. The number of carbonyl (C=O) groups is 1. The highest BCUT2D eigenvalue weighted by molar-refractivity contribution is 5.98. The van der Waals surface area contributed by atoms with Crippen LogP contribution in [0.2, 0.25) is 0 Å². The van der Waals surface area contributed by atoms with Gasteiger partial charge >= 0.3 is 5.97 Å². The van der Waals surface area contributed by atoms with E-state index in [1.54, 1.807) is 0 Å². The average molecular weight is 243 g/mol. The molecule has 2 aromatic rings. The first-order chi connectivity index (χ1) is 8.65. The molecule has 3 nitrogen and oxygen atoms in total. The van der Waals surface area contributed by atoms with Crippen LogP contribution in [-0.4, -0.2) is 17.6 Å².